The van der Waals surface area contributed by atoms with Crippen LogP contribution in [-0.2, 0) is 16.8 Å². The molecule has 1 saturated carbocycles. The smallest absolute Gasteiger partial charge is 0.303 e. The molecular formula is C29H31N5O4S. The lowest BCUT2D eigenvalue weighted by molar-refractivity contribution is 0.0980. The van der Waals surface area contributed by atoms with Gasteiger partial charge in [-0.2, -0.15) is 17.7 Å². The first-order valence-corrected chi connectivity index (χ1v) is 14.7. The molecule has 0 unspecified atom stereocenters. The Kier molecular flexibility index (Phi) is 6.39. The Labute approximate surface area is 227 Å². The fraction of sp³-hybridized carbons (Fsp3) is 0.345. The molecule has 1 aliphatic heterocycles. The number of aromatic nitrogens is 3. The molecule has 0 bridgehead atoms. The summed E-state index contributed by atoms with van der Waals surface area (Å²) in [6, 6.07) is 13.8. The van der Waals surface area contributed by atoms with Crippen molar-refractivity contribution in [2.45, 2.75) is 51.5 Å². The van der Waals surface area contributed by atoms with E-state index in [9.17, 15) is 13.2 Å². The van der Waals surface area contributed by atoms with E-state index >= 15 is 0 Å². The molecule has 4 aromatic rings. The van der Waals surface area contributed by atoms with Crippen LogP contribution in [0.5, 0.6) is 0 Å². The van der Waals surface area contributed by atoms with Crippen LogP contribution in [0, 0.1) is 6.92 Å². The first kappa shape index (κ1) is 25.5. The molecule has 0 radical (unpaired) electrons. The van der Waals surface area contributed by atoms with E-state index in [2.05, 4.69) is 37.6 Å². The van der Waals surface area contributed by atoms with Gasteiger partial charge in [-0.3, -0.25) is 4.79 Å². The minimum Gasteiger partial charge on any atom is -0.335 e. The Hall–Kier alpha value is -3.76. The number of benzene rings is 2. The fourth-order valence-electron chi connectivity index (χ4n) is 5.84. The van der Waals surface area contributed by atoms with E-state index in [1.807, 2.05) is 18.2 Å². The summed E-state index contributed by atoms with van der Waals surface area (Å²) in [7, 11) is -1.16. The van der Waals surface area contributed by atoms with Gasteiger partial charge in [0.25, 0.3) is 11.8 Å². The number of carbonyl (C=O) groups excluding carboxylic acids is 1. The van der Waals surface area contributed by atoms with E-state index in [4.69, 9.17) is 4.52 Å². The van der Waals surface area contributed by atoms with Crippen LogP contribution in [0.15, 0.2) is 47.0 Å². The van der Waals surface area contributed by atoms with E-state index < -0.39 is 16.1 Å². The van der Waals surface area contributed by atoms with Crippen LogP contribution >= 0.6 is 0 Å². The predicted molar refractivity (Wildman–Crippen MR) is 150 cm³/mol. The Bertz CT molecular complexity index is 1730. The number of allylic oxidation sites excluding steroid dienone is 1. The molecule has 9 nitrogen and oxygen atoms in total. The molecule has 202 valence electrons. The quantitative estimate of drug-likeness (QED) is 0.372. The van der Waals surface area contributed by atoms with Crippen LogP contribution in [0.1, 0.15) is 71.2 Å². The molecule has 6 rings (SSSR count). The summed E-state index contributed by atoms with van der Waals surface area (Å²) in [6.45, 7) is 2.26. The number of rotatable bonds is 5. The largest absolute Gasteiger partial charge is 0.335 e. The maximum Gasteiger partial charge on any atom is 0.303 e. The second-order valence-electron chi connectivity index (χ2n) is 10.5. The first-order chi connectivity index (χ1) is 18.7. The standard InChI is InChI=1S/C29H31N5O4S/c1-18-30-29(38-31-18)22-15-20-11-7-8-12-23(20)27-26(19-9-5-4-6-10-19)24-14-13-21(16-25(24)34(27)17-22)28(35)32-39(36,37)33(2)3/h7-8,11-16,19H,4-6,9-10,17H2,1-3H3,(H,32,35). The maximum atomic E-state index is 13.1. The van der Waals surface area contributed by atoms with Gasteiger partial charge in [-0.15, -0.1) is 0 Å². The van der Waals surface area contributed by atoms with Crippen molar-refractivity contribution in [3.8, 4) is 11.3 Å². The van der Waals surface area contributed by atoms with Crippen molar-refractivity contribution in [2.75, 3.05) is 14.1 Å². The van der Waals surface area contributed by atoms with E-state index in [1.54, 1.807) is 19.1 Å². The van der Waals surface area contributed by atoms with Crippen LogP contribution in [-0.4, -0.2) is 47.4 Å². The third-order valence-electron chi connectivity index (χ3n) is 7.76. The number of carbonyl (C=O) groups is 1. The van der Waals surface area contributed by atoms with Gasteiger partial charge in [0.1, 0.15) is 0 Å². The maximum absolute atomic E-state index is 13.1. The summed E-state index contributed by atoms with van der Waals surface area (Å²) in [6.07, 6.45) is 7.94. The van der Waals surface area contributed by atoms with Gasteiger partial charge in [0.05, 0.1) is 12.2 Å². The van der Waals surface area contributed by atoms with Crippen LogP contribution < -0.4 is 4.72 Å². The van der Waals surface area contributed by atoms with Gasteiger partial charge in [-0.05, 0) is 55.0 Å². The highest BCUT2D eigenvalue weighted by molar-refractivity contribution is 7.87. The second kappa shape index (κ2) is 9.77. The zero-order chi connectivity index (χ0) is 27.3. The van der Waals surface area contributed by atoms with E-state index in [0.717, 1.165) is 50.4 Å². The van der Waals surface area contributed by atoms with Crippen molar-refractivity contribution in [3.05, 3.63) is 70.9 Å². The van der Waals surface area contributed by atoms with Gasteiger partial charge in [0.15, 0.2) is 5.82 Å². The minimum absolute atomic E-state index is 0.278. The highest BCUT2D eigenvalue weighted by Gasteiger charge is 2.30. The van der Waals surface area contributed by atoms with Crippen molar-refractivity contribution < 1.29 is 17.7 Å². The molecule has 10 heteroatoms. The highest BCUT2D eigenvalue weighted by atomic mass is 32.2. The second-order valence-corrected chi connectivity index (χ2v) is 12.4. The minimum atomic E-state index is -3.93. The Morgan fingerprint density at radius 2 is 1.87 bits per heavy atom. The van der Waals surface area contributed by atoms with Gasteiger partial charge in [0.2, 0.25) is 0 Å². The van der Waals surface area contributed by atoms with Crippen molar-refractivity contribution in [3.63, 3.8) is 0 Å². The van der Waals surface area contributed by atoms with Gasteiger partial charge < -0.3 is 9.09 Å². The Morgan fingerprint density at radius 3 is 2.59 bits per heavy atom. The van der Waals surface area contributed by atoms with Gasteiger partial charge in [-0.25, -0.2) is 4.72 Å². The summed E-state index contributed by atoms with van der Waals surface area (Å²) in [4.78, 5) is 17.6. The lowest BCUT2D eigenvalue weighted by Crippen LogP contribution is -2.39. The zero-order valence-electron chi connectivity index (χ0n) is 22.3. The van der Waals surface area contributed by atoms with Crippen LogP contribution in [0.4, 0.5) is 0 Å². The van der Waals surface area contributed by atoms with Gasteiger partial charge >= 0.3 is 10.2 Å². The summed E-state index contributed by atoms with van der Waals surface area (Å²) in [5, 5.41) is 5.10. The lowest BCUT2D eigenvalue weighted by Gasteiger charge is -2.24. The monoisotopic (exact) mass is 545 g/mol. The number of nitrogens with one attached hydrogen (secondary N) is 1. The number of aryl methyl sites for hydroxylation is 1. The lowest BCUT2D eigenvalue weighted by atomic mass is 9.81. The average molecular weight is 546 g/mol. The molecule has 2 aromatic carbocycles. The number of hydrogen-bond acceptors (Lipinski definition) is 6. The van der Waals surface area contributed by atoms with Crippen molar-refractivity contribution in [1.82, 2.24) is 23.7 Å². The van der Waals surface area contributed by atoms with Gasteiger partial charge in [0, 0.05) is 41.7 Å². The van der Waals surface area contributed by atoms with Crippen LogP contribution in [0.3, 0.4) is 0 Å². The number of hydrogen-bond donors (Lipinski definition) is 1. The topological polar surface area (TPSA) is 110 Å². The van der Waals surface area contributed by atoms with E-state index in [-0.39, 0.29) is 5.56 Å². The molecular weight excluding hydrogens is 514 g/mol. The van der Waals surface area contributed by atoms with E-state index in [1.165, 1.54) is 38.9 Å². The molecule has 1 N–H and O–H groups in total. The molecule has 1 amide bonds. The third kappa shape index (κ3) is 4.57. The molecule has 3 heterocycles. The molecule has 1 fully saturated rings. The summed E-state index contributed by atoms with van der Waals surface area (Å²) in [5.41, 5.74) is 6.63. The molecule has 0 atom stereocenters. The molecule has 2 aromatic heterocycles. The molecule has 39 heavy (non-hydrogen) atoms. The normalized spacial score (nSPS) is 16.1. The average Bonchev–Trinajstić information content (AvgIpc) is 3.44. The Balaban J connectivity index is 1.59. The summed E-state index contributed by atoms with van der Waals surface area (Å²) in [5.74, 6) is 0.747. The number of nitrogens with zero attached hydrogens (tertiary/aromatic N) is 4. The van der Waals surface area contributed by atoms with Crippen LogP contribution in [0.25, 0.3) is 33.8 Å². The molecule has 1 aliphatic carbocycles. The summed E-state index contributed by atoms with van der Waals surface area (Å²) >= 11 is 0. The summed E-state index contributed by atoms with van der Waals surface area (Å²) < 4.78 is 35.7. The van der Waals surface area contributed by atoms with Crippen molar-refractivity contribution in [1.29, 1.82) is 0 Å². The van der Waals surface area contributed by atoms with Crippen LogP contribution in [0.2, 0.25) is 0 Å². The van der Waals surface area contributed by atoms with Crippen molar-refractivity contribution in [2.24, 2.45) is 0 Å². The van der Waals surface area contributed by atoms with E-state index in [0.29, 0.717) is 24.2 Å². The van der Waals surface area contributed by atoms with Gasteiger partial charge in [-0.1, -0.05) is 54.8 Å². The molecule has 2 aliphatic rings. The number of amides is 1. The van der Waals surface area contributed by atoms with Crippen molar-refractivity contribution >= 4 is 38.7 Å². The Morgan fingerprint density at radius 1 is 1.10 bits per heavy atom. The SMILES string of the molecule is Cc1noc(C2=Cc3ccccc3-c3c(C4CCCCC4)c4ccc(C(=O)NS(=O)(=O)N(C)C)cc4n3C2)n1. The number of fused-ring (bicyclic) bond motifs is 5. The molecule has 0 spiro atoms. The fourth-order valence-corrected chi connectivity index (χ4v) is 6.38. The predicted octanol–water partition coefficient (Wildman–Crippen LogP) is 5.14. The first-order valence-electron chi connectivity index (χ1n) is 13.2. The third-order valence-corrected chi connectivity index (χ3v) is 9.16. The highest BCUT2D eigenvalue weighted by Crippen LogP contribution is 2.47. The molecule has 0 saturated heterocycles. The zero-order valence-corrected chi connectivity index (χ0v) is 23.1.